The third-order valence-electron chi connectivity index (χ3n) is 3.47. The molecule has 0 bridgehead atoms. The zero-order valence-electron chi connectivity index (χ0n) is 10.5. The number of nitrogens with zero attached hydrogens (tertiary/aromatic N) is 2. The minimum atomic E-state index is -4.45. The van der Waals surface area contributed by atoms with Gasteiger partial charge in [-0.2, -0.15) is 13.2 Å². The van der Waals surface area contributed by atoms with Gasteiger partial charge in [0.05, 0.1) is 0 Å². The molecule has 1 aromatic heterocycles. The lowest BCUT2D eigenvalue weighted by Gasteiger charge is -2.28. The topological polar surface area (TPSA) is 63.8 Å². The third-order valence-corrected chi connectivity index (χ3v) is 3.47. The highest BCUT2D eigenvalue weighted by atomic mass is 19.4. The molecule has 2 atom stereocenters. The predicted octanol–water partition coefficient (Wildman–Crippen LogP) is 2.42. The van der Waals surface area contributed by atoms with Crippen molar-refractivity contribution in [3.05, 3.63) is 17.8 Å². The normalized spacial score (nSPS) is 24.2. The molecule has 0 aliphatic heterocycles. The summed E-state index contributed by atoms with van der Waals surface area (Å²) >= 11 is 0. The van der Waals surface area contributed by atoms with Crippen LogP contribution in [-0.4, -0.2) is 22.8 Å². The van der Waals surface area contributed by atoms with Gasteiger partial charge in [0.1, 0.15) is 5.82 Å². The molecule has 4 nitrogen and oxygen atoms in total. The van der Waals surface area contributed by atoms with E-state index < -0.39 is 11.9 Å². The van der Waals surface area contributed by atoms with E-state index >= 15 is 0 Å². The Balaban J connectivity index is 1.89. The van der Waals surface area contributed by atoms with E-state index in [4.69, 9.17) is 5.73 Å². The number of hydrogen-bond acceptors (Lipinski definition) is 4. The zero-order chi connectivity index (χ0) is 13.9. The average Bonchev–Trinajstić information content (AvgIpc) is 2.37. The Hall–Kier alpha value is -1.37. The van der Waals surface area contributed by atoms with Crippen molar-refractivity contribution in [2.24, 2.45) is 11.7 Å². The molecule has 0 spiro atoms. The van der Waals surface area contributed by atoms with Crippen LogP contribution in [0.4, 0.5) is 19.0 Å². The molecule has 2 rings (SSSR count). The molecule has 1 aromatic rings. The number of alkyl halides is 3. The van der Waals surface area contributed by atoms with Crippen molar-refractivity contribution in [3.63, 3.8) is 0 Å². The molecule has 1 saturated carbocycles. The van der Waals surface area contributed by atoms with Crippen molar-refractivity contribution < 1.29 is 13.2 Å². The Morgan fingerprint density at radius 1 is 1.21 bits per heavy atom. The Labute approximate surface area is 109 Å². The number of nitrogens with one attached hydrogen (secondary N) is 1. The quantitative estimate of drug-likeness (QED) is 0.888. The van der Waals surface area contributed by atoms with Gasteiger partial charge in [-0.25, -0.2) is 0 Å². The van der Waals surface area contributed by atoms with Gasteiger partial charge >= 0.3 is 6.18 Å². The molecule has 1 fully saturated rings. The maximum atomic E-state index is 12.3. The molecule has 0 aromatic carbocycles. The van der Waals surface area contributed by atoms with E-state index in [1.807, 2.05) is 0 Å². The van der Waals surface area contributed by atoms with Crippen molar-refractivity contribution in [2.45, 2.75) is 37.9 Å². The van der Waals surface area contributed by atoms with E-state index in [1.54, 1.807) is 0 Å². The smallest absolute Gasteiger partial charge is 0.368 e. The zero-order valence-corrected chi connectivity index (χ0v) is 10.5. The van der Waals surface area contributed by atoms with Crippen molar-refractivity contribution in [3.8, 4) is 0 Å². The Morgan fingerprint density at radius 3 is 2.53 bits per heavy atom. The summed E-state index contributed by atoms with van der Waals surface area (Å²) in [5, 5.41) is 9.70. The van der Waals surface area contributed by atoms with E-state index in [0.717, 1.165) is 31.7 Å². The molecule has 2 unspecified atom stereocenters. The summed E-state index contributed by atoms with van der Waals surface area (Å²) < 4.78 is 36.9. The molecule has 1 heterocycles. The van der Waals surface area contributed by atoms with Gasteiger partial charge < -0.3 is 11.1 Å². The fourth-order valence-corrected chi connectivity index (χ4v) is 2.30. The van der Waals surface area contributed by atoms with Crippen LogP contribution in [0.15, 0.2) is 12.1 Å². The maximum absolute atomic E-state index is 12.3. The third kappa shape index (κ3) is 3.79. The summed E-state index contributed by atoms with van der Waals surface area (Å²) in [7, 11) is 0. The van der Waals surface area contributed by atoms with E-state index in [2.05, 4.69) is 15.5 Å². The maximum Gasteiger partial charge on any atom is 0.435 e. The molecule has 7 heteroatoms. The molecular formula is C12H17F3N4. The summed E-state index contributed by atoms with van der Waals surface area (Å²) in [5.41, 5.74) is 5.02. The van der Waals surface area contributed by atoms with Gasteiger partial charge in [-0.1, -0.05) is 12.8 Å². The number of rotatable bonds is 3. The van der Waals surface area contributed by atoms with Crippen LogP contribution in [-0.2, 0) is 6.18 Å². The first kappa shape index (κ1) is 14.0. The molecule has 1 aliphatic rings. The van der Waals surface area contributed by atoms with Gasteiger partial charge in [0.15, 0.2) is 5.69 Å². The second-order valence-corrected chi connectivity index (χ2v) is 4.89. The largest absolute Gasteiger partial charge is 0.435 e. The predicted molar refractivity (Wildman–Crippen MR) is 65.5 cm³/mol. The van der Waals surface area contributed by atoms with Crippen LogP contribution in [0, 0.1) is 5.92 Å². The molecule has 19 heavy (non-hydrogen) atoms. The van der Waals surface area contributed by atoms with Crippen LogP contribution in [0.1, 0.15) is 31.4 Å². The lowest BCUT2D eigenvalue weighted by molar-refractivity contribution is -0.141. The number of aromatic nitrogens is 2. The highest BCUT2D eigenvalue weighted by Crippen LogP contribution is 2.27. The highest BCUT2D eigenvalue weighted by molar-refractivity contribution is 5.33. The van der Waals surface area contributed by atoms with E-state index in [0.29, 0.717) is 18.3 Å². The first-order valence-corrected chi connectivity index (χ1v) is 6.37. The summed E-state index contributed by atoms with van der Waals surface area (Å²) in [6, 6.07) is 2.38. The van der Waals surface area contributed by atoms with Gasteiger partial charge in [0.25, 0.3) is 0 Å². The second-order valence-electron chi connectivity index (χ2n) is 4.89. The van der Waals surface area contributed by atoms with E-state index in [1.165, 1.54) is 6.07 Å². The van der Waals surface area contributed by atoms with Gasteiger partial charge in [0, 0.05) is 12.6 Å². The van der Waals surface area contributed by atoms with Crippen molar-refractivity contribution in [2.75, 3.05) is 11.9 Å². The molecule has 0 radical (unpaired) electrons. The first-order chi connectivity index (χ1) is 8.97. The van der Waals surface area contributed by atoms with Crippen molar-refractivity contribution in [1.29, 1.82) is 0 Å². The number of nitrogens with two attached hydrogens (primary N) is 1. The van der Waals surface area contributed by atoms with Crippen LogP contribution in [0.5, 0.6) is 0 Å². The van der Waals surface area contributed by atoms with Gasteiger partial charge in [-0.05, 0) is 30.9 Å². The Bertz CT molecular complexity index is 404. The van der Waals surface area contributed by atoms with Crippen LogP contribution < -0.4 is 11.1 Å². The van der Waals surface area contributed by atoms with E-state index in [9.17, 15) is 13.2 Å². The Morgan fingerprint density at radius 2 is 1.95 bits per heavy atom. The number of hydrogen-bond donors (Lipinski definition) is 2. The minimum Gasteiger partial charge on any atom is -0.368 e. The summed E-state index contributed by atoms with van der Waals surface area (Å²) in [4.78, 5) is 0. The lowest BCUT2D eigenvalue weighted by Crippen LogP contribution is -2.37. The van der Waals surface area contributed by atoms with Crippen LogP contribution in [0.3, 0.4) is 0 Å². The summed E-state index contributed by atoms with van der Waals surface area (Å²) in [5.74, 6) is 0.698. The second kappa shape index (κ2) is 5.73. The van der Waals surface area contributed by atoms with Gasteiger partial charge in [-0.3, -0.25) is 0 Å². The molecular weight excluding hydrogens is 257 g/mol. The summed E-state index contributed by atoms with van der Waals surface area (Å²) in [6.45, 7) is 0.626. The standard InChI is InChI=1S/C12H17F3N4/c13-12(14,15)10-5-6-11(19-18-10)17-7-8-3-1-2-4-9(8)16/h5-6,8-9H,1-4,7,16H2,(H,17,19). The van der Waals surface area contributed by atoms with Crippen LogP contribution >= 0.6 is 0 Å². The lowest BCUT2D eigenvalue weighted by atomic mass is 9.85. The SMILES string of the molecule is NC1CCCCC1CNc1ccc(C(F)(F)F)nn1. The first-order valence-electron chi connectivity index (χ1n) is 6.37. The molecule has 0 amide bonds. The summed E-state index contributed by atoms with van der Waals surface area (Å²) in [6.07, 6.45) is -0.0962. The Kier molecular flexibility index (Phi) is 4.24. The molecule has 3 N–H and O–H groups in total. The fourth-order valence-electron chi connectivity index (χ4n) is 2.30. The van der Waals surface area contributed by atoms with E-state index in [-0.39, 0.29) is 6.04 Å². The monoisotopic (exact) mass is 274 g/mol. The minimum absolute atomic E-state index is 0.156. The van der Waals surface area contributed by atoms with Crippen LogP contribution in [0.25, 0.3) is 0 Å². The number of anilines is 1. The van der Waals surface area contributed by atoms with Gasteiger partial charge in [-0.15, -0.1) is 10.2 Å². The van der Waals surface area contributed by atoms with Gasteiger partial charge in [0.2, 0.25) is 0 Å². The highest BCUT2D eigenvalue weighted by Gasteiger charge is 2.32. The van der Waals surface area contributed by atoms with Crippen molar-refractivity contribution >= 4 is 5.82 Å². The fraction of sp³-hybridized carbons (Fsp3) is 0.667. The van der Waals surface area contributed by atoms with Crippen molar-refractivity contribution in [1.82, 2.24) is 10.2 Å². The molecule has 0 saturated heterocycles. The number of halogens is 3. The average molecular weight is 274 g/mol. The molecule has 1 aliphatic carbocycles. The molecule has 106 valence electrons. The van der Waals surface area contributed by atoms with Crippen LogP contribution in [0.2, 0.25) is 0 Å².